The minimum absolute atomic E-state index is 0.0549. The van der Waals surface area contributed by atoms with Gasteiger partial charge in [0, 0.05) is 24.8 Å². The molecular formula is C17H19N3O3S. The van der Waals surface area contributed by atoms with Crippen molar-refractivity contribution in [1.29, 1.82) is 0 Å². The van der Waals surface area contributed by atoms with E-state index in [2.05, 4.69) is 34.3 Å². The second-order valence-electron chi connectivity index (χ2n) is 5.91. The molecule has 1 unspecified atom stereocenters. The van der Waals surface area contributed by atoms with Gasteiger partial charge in [-0.2, -0.15) is 0 Å². The Kier molecular flexibility index (Phi) is 4.20. The molecule has 0 radical (unpaired) electrons. The summed E-state index contributed by atoms with van der Waals surface area (Å²) in [6.45, 7) is 5.21. The van der Waals surface area contributed by atoms with Crippen LogP contribution in [-0.2, 0) is 9.53 Å². The average Bonchev–Trinajstić information content (AvgIpc) is 3.21. The monoisotopic (exact) mass is 345 g/mol. The molecule has 2 fully saturated rings. The largest absolute Gasteiger partial charge is 0.378 e. The smallest absolute Gasteiger partial charge is 0.239 e. The van der Waals surface area contributed by atoms with Crippen molar-refractivity contribution in [2.45, 2.75) is 12.3 Å². The molecule has 0 saturated carbocycles. The van der Waals surface area contributed by atoms with Crippen LogP contribution in [0.25, 0.3) is 0 Å². The lowest BCUT2D eigenvalue weighted by Gasteiger charge is -2.29. The van der Waals surface area contributed by atoms with Crippen molar-refractivity contribution in [1.82, 2.24) is 5.16 Å². The van der Waals surface area contributed by atoms with Gasteiger partial charge in [0.15, 0.2) is 5.82 Å². The number of rotatable bonds is 3. The summed E-state index contributed by atoms with van der Waals surface area (Å²) in [6, 6.07) is 10.2. The van der Waals surface area contributed by atoms with E-state index in [1.165, 1.54) is 5.69 Å². The van der Waals surface area contributed by atoms with Gasteiger partial charge >= 0.3 is 0 Å². The van der Waals surface area contributed by atoms with E-state index in [1.807, 2.05) is 6.92 Å². The standard InChI is InChI=1S/C17H19N3O3S/c1-12-10-15(18-23-12)20-16(21)11-24-17(20)13-2-4-14(5-3-13)19-6-8-22-9-7-19/h2-5,10,17H,6-9,11H2,1H3. The molecule has 2 saturated heterocycles. The predicted molar refractivity (Wildman–Crippen MR) is 93.4 cm³/mol. The minimum atomic E-state index is -0.0549. The van der Waals surface area contributed by atoms with E-state index in [4.69, 9.17) is 9.26 Å². The lowest BCUT2D eigenvalue weighted by molar-refractivity contribution is -0.115. The van der Waals surface area contributed by atoms with Gasteiger partial charge in [0.05, 0.1) is 19.0 Å². The van der Waals surface area contributed by atoms with Crippen LogP contribution < -0.4 is 9.80 Å². The zero-order chi connectivity index (χ0) is 16.5. The van der Waals surface area contributed by atoms with Gasteiger partial charge in [0.25, 0.3) is 0 Å². The first-order valence-corrected chi connectivity index (χ1v) is 9.07. The zero-order valence-corrected chi connectivity index (χ0v) is 14.3. The molecule has 2 aliphatic rings. The number of thioether (sulfide) groups is 1. The molecule has 1 aromatic heterocycles. The summed E-state index contributed by atoms with van der Waals surface area (Å²) in [5.74, 6) is 1.82. The molecule has 1 atom stereocenters. The fourth-order valence-electron chi connectivity index (χ4n) is 3.06. The van der Waals surface area contributed by atoms with Crippen LogP contribution in [-0.4, -0.2) is 43.1 Å². The molecule has 1 amide bonds. The molecule has 7 heteroatoms. The summed E-state index contributed by atoms with van der Waals surface area (Å²) in [4.78, 5) is 16.3. The molecular weight excluding hydrogens is 326 g/mol. The summed E-state index contributed by atoms with van der Waals surface area (Å²) in [5, 5.41) is 3.95. The number of hydrogen-bond donors (Lipinski definition) is 0. The number of benzene rings is 1. The molecule has 1 aromatic carbocycles. The molecule has 126 valence electrons. The van der Waals surface area contributed by atoms with Gasteiger partial charge in [-0.25, -0.2) is 0 Å². The van der Waals surface area contributed by atoms with Gasteiger partial charge < -0.3 is 14.2 Å². The Morgan fingerprint density at radius 2 is 1.96 bits per heavy atom. The summed E-state index contributed by atoms with van der Waals surface area (Å²) in [7, 11) is 0. The molecule has 0 spiro atoms. The highest BCUT2D eigenvalue weighted by atomic mass is 32.2. The van der Waals surface area contributed by atoms with Crippen molar-refractivity contribution in [3.8, 4) is 0 Å². The molecule has 3 heterocycles. The Morgan fingerprint density at radius 1 is 1.21 bits per heavy atom. The van der Waals surface area contributed by atoms with E-state index in [0.717, 1.165) is 31.9 Å². The summed E-state index contributed by atoms with van der Waals surface area (Å²) in [6.07, 6.45) is 0. The topological polar surface area (TPSA) is 58.8 Å². The number of aryl methyl sites for hydroxylation is 1. The second-order valence-corrected chi connectivity index (χ2v) is 6.98. The predicted octanol–water partition coefficient (Wildman–Crippen LogP) is 2.60. The number of nitrogens with zero attached hydrogens (tertiary/aromatic N) is 3. The Hall–Kier alpha value is -1.99. The van der Waals surface area contributed by atoms with Gasteiger partial charge in [-0.15, -0.1) is 11.8 Å². The van der Waals surface area contributed by atoms with Crippen molar-refractivity contribution in [3.63, 3.8) is 0 Å². The highest BCUT2D eigenvalue weighted by Gasteiger charge is 2.35. The third-order valence-electron chi connectivity index (χ3n) is 4.28. The van der Waals surface area contributed by atoms with Gasteiger partial charge in [0.1, 0.15) is 11.1 Å². The van der Waals surface area contributed by atoms with Crippen molar-refractivity contribution >= 4 is 29.2 Å². The van der Waals surface area contributed by atoms with E-state index in [1.54, 1.807) is 22.7 Å². The van der Waals surface area contributed by atoms with Gasteiger partial charge in [-0.05, 0) is 24.6 Å². The third kappa shape index (κ3) is 2.89. The van der Waals surface area contributed by atoms with Crippen LogP contribution in [0.1, 0.15) is 16.7 Å². The van der Waals surface area contributed by atoms with Gasteiger partial charge in [-0.1, -0.05) is 17.3 Å². The maximum absolute atomic E-state index is 12.3. The Labute approximate surface area is 144 Å². The maximum atomic E-state index is 12.3. The SMILES string of the molecule is Cc1cc(N2C(=O)CSC2c2ccc(N3CCOCC3)cc2)no1. The number of amides is 1. The highest BCUT2D eigenvalue weighted by molar-refractivity contribution is 8.00. The molecule has 24 heavy (non-hydrogen) atoms. The van der Waals surface area contributed by atoms with E-state index >= 15 is 0 Å². The maximum Gasteiger partial charge on any atom is 0.239 e. The minimum Gasteiger partial charge on any atom is -0.378 e. The van der Waals surface area contributed by atoms with Crippen molar-refractivity contribution < 1.29 is 14.1 Å². The fourth-order valence-corrected chi connectivity index (χ4v) is 4.22. The van der Waals surface area contributed by atoms with Crippen LogP contribution in [0.5, 0.6) is 0 Å². The first kappa shape index (κ1) is 15.5. The summed E-state index contributed by atoms with van der Waals surface area (Å²) in [5.41, 5.74) is 2.30. The number of ether oxygens (including phenoxy) is 1. The summed E-state index contributed by atoms with van der Waals surface area (Å²) < 4.78 is 10.5. The van der Waals surface area contributed by atoms with E-state index in [9.17, 15) is 4.79 Å². The van der Waals surface area contributed by atoms with Gasteiger partial charge in [0.2, 0.25) is 5.91 Å². The molecule has 0 N–H and O–H groups in total. The van der Waals surface area contributed by atoms with Crippen LogP contribution in [0.2, 0.25) is 0 Å². The van der Waals surface area contributed by atoms with E-state index in [0.29, 0.717) is 17.3 Å². The number of carbonyl (C=O) groups excluding carboxylic acids is 1. The first-order chi connectivity index (χ1) is 11.7. The molecule has 0 aliphatic carbocycles. The quantitative estimate of drug-likeness (QED) is 0.852. The lowest BCUT2D eigenvalue weighted by Crippen LogP contribution is -2.36. The lowest BCUT2D eigenvalue weighted by atomic mass is 10.1. The van der Waals surface area contributed by atoms with Crippen LogP contribution in [0.15, 0.2) is 34.9 Å². The third-order valence-corrected chi connectivity index (χ3v) is 5.50. The van der Waals surface area contributed by atoms with Gasteiger partial charge in [-0.3, -0.25) is 9.69 Å². The van der Waals surface area contributed by atoms with Crippen molar-refractivity contribution in [2.75, 3.05) is 41.9 Å². The molecule has 6 nitrogen and oxygen atoms in total. The molecule has 4 rings (SSSR count). The number of morpholine rings is 1. The Balaban J connectivity index is 1.57. The normalized spacial score (nSPS) is 21.5. The molecule has 2 aromatic rings. The number of anilines is 2. The number of hydrogen-bond acceptors (Lipinski definition) is 6. The van der Waals surface area contributed by atoms with E-state index < -0.39 is 0 Å². The fraction of sp³-hybridized carbons (Fsp3) is 0.412. The number of carbonyl (C=O) groups is 1. The zero-order valence-electron chi connectivity index (χ0n) is 13.5. The molecule has 2 aliphatic heterocycles. The van der Waals surface area contributed by atoms with Crippen molar-refractivity contribution in [3.05, 3.63) is 41.7 Å². The van der Waals surface area contributed by atoms with Crippen LogP contribution in [0, 0.1) is 6.92 Å². The summed E-state index contributed by atoms with van der Waals surface area (Å²) >= 11 is 1.62. The first-order valence-electron chi connectivity index (χ1n) is 8.02. The average molecular weight is 345 g/mol. The van der Waals surface area contributed by atoms with Crippen LogP contribution in [0.3, 0.4) is 0 Å². The Morgan fingerprint density at radius 3 is 2.62 bits per heavy atom. The second kappa shape index (κ2) is 6.49. The van der Waals surface area contributed by atoms with Crippen LogP contribution in [0.4, 0.5) is 11.5 Å². The van der Waals surface area contributed by atoms with Crippen LogP contribution >= 0.6 is 11.8 Å². The van der Waals surface area contributed by atoms with E-state index in [-0.39, 0.29) is 11.3 Å². The number of aromatic nitrogens is 1. The highest BCUT2D eigenvalue weighted by Crippen LogP contribution is 2.41. The van der Waals surface area contributed by atoms with Crippen molar-refractivity contribution in [2.24, 2.45) is 0 Å². The Bertz CT molecular complexity index is 725. The molecule has 0 bridgehead atoms.